The minimum atomic E-state index is 0.213. The molecule has 0 heterocycles. The van der Waals surface area contributed by atoms with Crippen LogP contribution in [-0.2, 0) is 6.54 Å². The number of benzene rings is 1. The number of aliphatic imine (C=N–C) groups is 1. The molecule has 2 N–H and O–H groups in total. The van der Waals surface area contributed by atoms with Crippen LogP contribution in [0.5, 0.6) is 11.5 Å². The number of ether oxygens (including phenoxy) is 2. The lowest BCUT2D eigenvalue weighted by atomic mass is 10.2. The summed E-state index contributed by atoms with van der Waals surface area (Å²) in [4.78, 5) is 4.19. The van der Waals surface area contributed by atoms with Crippen molar-refractivity contribution in [3.63, 3.8) is 0 Å². The highest BCUT2D eigenvalue weighted by Crippen LogP contribution is 2.27. The summed E-state index contributed by atoms with van der Waals surface area (Å²) >= 11 is 0. The lowest BCUT2D eigenvalue weighted by Gasteiger charge is -2.15. The lowest BCUT2D eigenvalue weighted by Crippen LogP contribution is -2.38. The van der Waals surface area contributed by atoms with Crippen LogP contribution in [0, 0.1) is 18.3 Å². The third-order valence-corrected chi connectivity index (χ3v) is 2.90. The van der Waals surface area contributed by atoms with Crippen LogP contribution in [0.4, 0.5) is 0 Å². The number of rotatable bonds is 7. The number of nitrogens with one attached hydrogen (secondary N) is 2. The first-order valence-electron chi connectivity index (χ1n) is 7.28. The van der Waals surface area contributed by atoms with Gasteiger partial charge in [-0.3, -0.25) is 4.99 Å². The van der Waals surface area contributed by atoms with Gasteiger partial charge in [0.2, 0.25) is 0 Å². The van der Waals surface area contributed by atoms with Gasteiger partial charge in [0.1, 0.15) is 6.61 Å². The molecule has 0 saturated heterocycles. The van der Waals surface area contributed by atoms with Crippen LogP contribution in [0.25, 0.3) is 0 Å². The zero-order chi connectivity index (χ0) is 16.4. The Morgan fingerprint density at radius 1 is 1.32 bits per heavy atom. The van der Waals surface area contributed by atoms with Gasteiger partial charge in [-0.25, -0.2) is 0 Å². The summed E-state index contributed by atoms with van der Waals surface area (Å²) in [5.41, 5.74) is 1.06. The zero-order valence-electron chi connectivity index (χ0n) is 13.8. The van der Waals surface area contributed by atoms with Crippen molar-refractivity contribution in [3.8, 4) is 23.8 Å². The van der Waals surface area contributed by atoms with Gasteiger partial charge < -0.3 is 20.1 Å². The Hall–Kier alpha value is -2.35. The van der Waals surface area contributed by atoms with E-state index in [1.165, 1.54) is 0 Å². The van der Waals surface area contributed by atoms with Crippen LogP contribution in [0.2, 0.25) is 0 Å². The van der Waals surface area contributed by atoms with E-state index in [4.69, 9.17) is 15.9 Å². The van der Waals surface area contributed by atoms with Gasteiger partial charge in [-0.15, -0.1) is 6.42 Å². The fraction of sp³-hybridized carbons (Fsp3) is 0.471. The molecule has 0 atom stereocenters. The van der Waals surface area contributed by atoms with Crippen LogP contribution in [0.3, 0.4) is 0 Å². The number of guanidine groups is 1. The third-order valence-electron chi connectivity index (χ3n) is 2.90. The molecule has 0 fully saturated rings. The first-order valence-corrected chi connectivity index (χ1v) is 7.28. The standard InChI is InChI=1S/C17H25N3O2/c1-6-9-22-16-10-14(7-8-15(16)21-5)12-20-17(18-4)19-11-13(2)3/h1,7-8,10,13H,9,11-12H2,2-5H3,(H2,18,19,20). The van der Waals surface area contributed by atoms with Gasteiger partial charge in [-0.1, -0.05) is 25.8 Å². The van der Waals surface area contributed by atoms with Gasteiger partial charge in [0.15, 0.2) is 17.5 Å². The molecule has 22 heavy (non-hydrogen) atoms. The molecule has 0 aliphatic heterocycles. The molecule has 5 nitrogen and oxygen atoms in total. The molecule has 0 saturated carbocycles. The van der Waals surface area contributed by atoms with E-state index in [2.05, 4.69) is 35.4 Å². The van der Waals surface area contributed by atoms with Gasteiger partial charge >= 0.3 is 0 Å². The number of methoxy groups -OCH3 is 1. The van der Waals surface area contributed by atoms with Crippen LogP contribution in [0.1, 0.15) is 19.4 Å². The van der Waals surface area contributed by atoms with Crippen molar-refractivity contribution in [2.45, 2.75) is 20.4 Å². The summed E-state index contributed by atoms with van der Waals surface area (Å²) in [6.45, 7) is 6.02. The van der Waals surface area contributed by atoms with Gasteiger partial charge in [-0.05, 0) is 23.6 Å². The molecule has 5 heteroatoms. The van der Waals surface area contributed by atoms with E-state index in [9.17, 15) is 0 Å². The third kappa shape index (κ3) is 5.96. The van der Waals surface area contributed by atoms with E-state index in [0.717, 1.165) is 18.1 Å². The molecule has 1 aromatic rings. The smallest absolute Gasteiger partial charge is 0.191 e. The maximum atomic E-state index is 5.50. The minimum Gasteiger partial charge on any atom is -0.493 e. The Balaban J connectivity index is 2.67. The van der Waals surface area contributed by atoms with Crippen LogP contribution in [0.15, 0.2) is 23.2 Å². The van der Waals surface area contributed by atoms with E-state index in [1.54, 1.807) is 14.2 Å². The van der Waals surface area contributed by atoms with Gasteiger partial charge in [-0.2, -0.15) is 0 Å². The second-order valence-corrected chi connectivity index (χ2v) is 5.18. The van der Waals surface area contributed by atoms with Crippen molar-refractivity contribution in [2.24, 2.45) is 10.9 Å². The fourth-order valence-corrected chi connectivity index (χ4v) is 1.77. The molecule has 0 aliphatic carbocycles. The Morgan fingerprint density at radius 3 is 2.68 bits per heavy atom. The summed E-state index contributed by atoms with van der Waals surface area (Å²) in [6, 6.07) is 5.76. The Labute approximate surface area is 133 Å². The first-order chi connectivity index (χ1) is 10.6. The van der Waals surface area contributed by atoms with E-state index in [0.29, 0.717) is 24.0 Å². The van der Waals surface area contributed by atoms with E-state index >= 15 is 0 Å². The SMILES string of the molecule is C#CCOc1cc(CNC(=NC)NCC(C)C)ccc1OC. The summed E-state index contributed by atoms with van der Waals surface area (Å²) in [5.74, 6) is 5.09. The van der Waals surface area contributed by atoms with Crippen LogP contribution in [-0.4, -0.2) is 33.3 Å². The Bertz CT molecular complexity index is 533. The predicted molar refractivity (Wildman–Crippen MR) is 90.4 cm³/mol. The number of hydrogen-bond donors (Lipinski definition) is 2. The normalized spacial score (nSPS) is 11.0. The van der Waals surface area contributed by atoms with Crippen molar-refractivity contribution in [3.05, 3.63) is 23.8 Å². The molecule has 1 aromatic carbocycles. The second kappa shape index (κ2) is 9.56. The summed E-state index contributed by atoms with van der Waals surface area (Å²) in [7, 11) is 3.36. The van der Waals surface area contributed by atoms with Crippen molar-refractivity contribution in [1.29, 1.82) is 0 Å². The predicted octanol–water partition coefficient (Wildman–Crippen LogP) is 2.03. The summed E-state index contributed by atoms with van der Waals surface area (Å²) in [6.07, 6.45) is 5.23. The summed E-state index contributed by atoms with van der Waals surface area (Å²) in [5, 5.41) is 6.53. The molecule has 0 bridgehead atoms. The molecule has 0 spiro atoms. The topological polar surface area (TPSA) is 54.9 Å². The highest BCUT2D eigenvalue weighted by molar-refractivity contribution is 5.79. The Kier molecular flexibility index (Phi) is 7.69. The average molecular weight is 303 g/mol. The highest BCUT2D eigenvalue weighted by Gasteiger charge is 2.06. The first kappa shape index (κ1) is 17.7. The maximum Gasteiger partial charge on any atom is 0.191 e. The quantitative estimate of drug-likeness (QED) is 0.460. The number of hydrogen-bond acceptors (Lipinski definition) is 3. The molecule has 0 aromatic heterocycles. The molecule has 120 valence electrons. The molecule has 0 radical (unpaired) electrons. The van der Waals surface area contributed by atoms with Gasteiger partial charge in [0.05, 0.1) is 7.11 Å². The summed E-state index contributed by atoms with van der Waals surface area (Å²) < 4.78 is 10.8. The zero-order valence-corrected chi connectivity index (χ0v) is 13.8. The number of nitrogens with zero attached hydrogens (tertiary/aromatic N) is 1. The second-order valence-electron chi connectivity index (χ2n) is 5.18. The van der Waals surface area contributed by atoms with Crippen LogP contribution < -0.4 is 20.1 Å². The lowest BCUT2D eigenvalue weighted by molar-refractivity contribution is 0.330. The van der Waals surface area contributed by atoms with Crippen molar-refractivity contribution in [1.82, 2.24) is 10.6 Å². The molecule has 0 aliphatic rings. The van der Waals surface area contributed by atoms with Crippen molar-refractivity contribution in [2.75, 3.05) is 27.3 Å². The average Bonchev–Trinajstić information content (AvgIpc) is 2.52. The van der Waals surface area contributed by atoms with Gasteiger partial charge in [0.25, 0.3) is 0 Å². The molecular formula is C17H25N3O2. The fourth-order valence-electron chi connectivity index (χ4n) is 1.77. The van der Waals surface area contributed by atoms with Crippen LogP contribution >= 0.6 is 0 Å². The minimum absolute atomic E-state index is 0.213. The van der Waals surface area contributed by atoms with E-state index in [-0.39, 0.29) is 6.61 Å². The Morgan fingerprint density at radius 2 is 2.09 bits per heavy atom. The largest absolute Gasteiger partial charge is 0.493 e. The highest BCUT2D eigenvalue weighted by atomic mass is 16.5. The molecular weight excluding hydrogens is 278 g/mol. The van der Waals surface area contributed by atoms with Crippen molar-refractivity contribution < 1.29 is 9.47 Å². The number of terminal acetylenes is 1. The molecule has 0 unspecified atom stereocenters. The van der Waals surface area contributed by atoms with E-state index in [1.807, 2.05) is 18.2 Å². The monoisotopic (exact) mass is 303 g/mol. The van der Waals surface area contributed by atoms with Gasteiger partial charge in [0, 0.05) is 20.1 Å². The maximum absolute atomic E-state index is 5.50. The van der Waals surface area contributed by atoms with E-state index < -0.39 is 0 Å². The molecule has 0 amide bonds. The van der Waals surface area contributed by atoms with Crippen molar-refractivity contribution >= 4 is 5.96 Å². The molecule has 1 rings (SSSR count).